The summed E-state index contributed by atoms with van der Waals surface area (Å²) < 4.78 is 0. The first kappa shape index (κ1) is 11.7. The van der Waals surface area contributed by atoms with Gasteiger partial charge in [-0.15, -0.1) is 0 Å². The minimum Gasteiger partial charge on any atom is -0.382 e. The highest BCUT2D eigenvalue weighted by Gasteiger charge is 2.28. The van der Waals surface area contributed by atoms with Crippen molar-refractivity contribution in [1.82, 2.24) is 5.32 Å². The maximum atomic E-state index is 11.7. The molecule has 0 heterocycles. The fourth-order valence-corrected chi connectivity index (χ4v) is 1.47. The molecular weight excluding hydrogens is 190 g/mol. The van der Waals surface area contributed by atoms with Crippen LogP contribution in [0.15, 0.2) is 23.4 Å². The van der Waals surface area contributed by atoms with Crippen molar-refractivity contribution >= 4 is 11.6 Å². The third kappa shape index (κ3) is 2.55. The Morgan fingerprint density at radius 3 is 2.20 bits per heavy atom. The summed E-state index contributed by atoms with van der Waals surface area (Å²) in [5, 5.41) is 2.88. The SMILES string of the molecule is CCNC1=CC(=O)C(C(C)(C)C)=CC1=O. The smallest absolute Gasteiger partial charge is 0.202 e. The summed E-state index contributed by atoms with van der Waals surface area (Å²) in [6.45, 7) is 8.31. The Hall–Kier alpha value is -1.38. The lowest BCUT2D eigenvalue weighted by Crippen LogP contribution is -2.28. The zero-order chi connectivity index (χ0) is 11.6. The van der Waals surface area contributed by atoms with Crippen LogP contribution in [0.4, 0.5) is 0 Å². The molecular formula is C12H17NO2. The van der Waals surface area contributed by atoms with Crippen LogP contribution in [0, 0.1) is 5.41 Å². The molecule has 15 heavy (non-hydrogen) atoms. The number of allylic oxidation sites excluding steroid dienone is 3. The molecule has 0 unspecified atom stereocenters. The van der Waals surface area contributed by atoms with Crippen LogP contribution >= 0.6 is 0 Å². The van der Waals surface area contributed by atoms with Crippen LogP contribution in [-0.4, -0.2) is 18.1 Å². The molecule has 0 aromatic carbocycles. The van der Waals surface area contributed by atoms with Gasteiger partial charge < -0.3 is 5.32 Å². The Labute approximate surface area is 90.2 Å². The third-order valence-electron chi connectivity index (χ3n) is 2.26. The largest absolute Gasteiger partial charge is 0.382 e. The standard InChI is InChI=1S/C12H17NO2/c1-5-13-9-7-10(14)8(6-11(9)15)12(2,3)4/h6-7,13H,5H2,1-4H3. The van der Waals surface area contributed by atoms with Gasteiger partial charge in [-0.05, 0) is 18.4 Å². The first-order valence-corrected chi connectivity index (χ1v) is 5.12. The summed E-state index contributed by atoms with van der Waals surface area (Å²) in [6, 6.07) is 0. The summed E-state index contributed by atoms with van der Waals surface area (Å²) in [5.74, 6) is -0.181. The van der Waals surface area contributed by atoms with Gasteiger partial charge in [0.1, 0.15) is 0 Å². The molecule has 1 aliphatic rings. The van der Waals surface area contributed by atoms with Gasteiger partial charge in [-0.2, -0.15) is 0 Å². The Bertz CT molecular complexity index is 356. The molecule has 0 radical (unpaired) electrons. The number of rotatable bonds is 2. The van der Waals surface area contributed by atoms with E-state index in [-0.39, 0.29) is 17.0 Å². The van der Waals surface area contributed by atoms with Crippen LogP contribution in [0.3, 0.4) is 0 Å². The van der Waals surface area contributed by atoms with Crippen LogP contribution in [0.25, 0.3) is 0 Å². The number of carbonyl (C=O) groups is 2. The molecule has 1 rings (SSSR count). The van der Waals surface area contributed by atoms with E-state index >= 15 is 0 Å². The van der Waals surface area contributed by atoms with Gasteiger partial charge in [0, 0.05) is 18.2 Å². The van der Waals surface area contributed by atoms with Crippen LogP contribution in [0.2, 0.25) is 0 Å². The number of nitrogens with one attached hydrogen (secondary N) is 1. The monoisotopic (exact) mass is 207 g/mol. The minimum absolute atomic E-state index is 0.0712. The van der Waals surface area contributed by atoms with Gasteiger partial charge in [-0.3, -0.25) is 9.59 Å². The second-order valence-electron chi connectivity index (χ2n) is 4.62. The fraction of sp³-hybridized carbons (Fsp3) is 0.500. The van der Waals surface area contributed by atoms with Gasteiger partial charge in [0.2, 0.25) is 5.78 Å². The van der Waals surface area contributed by atoms with Crippen molar-refractivity contribution < 1.29 is 9.59 Å². The molecule has 0 fully saturated rings. The molecule has 0 bridgehead atoms. The minimum atomic E-state index is -0.277. The van der Waals surface area contributed by atoms with Gasteiger partial charge in [0.25, 0.3) is 0 Å². The first-order chi connectivity index (χ1) is 6.86. The number of likely N-dealkylation sites (N-methyl/N-ethyl adjacent to an activating group) is 1. The van der Waals surface area contributed by atoms with Crippen LogP contribution in [0.1, 0.15) is 27.7 Å². The van der Waals surface area contributed by atoms with Crippen molar-refractivity contribution in [3.8, 4) is 0 Å². The van der Waals surface area contributed by atoms with E-state index in [2.05, 4.69) is 5.32 Å². The van der Waals surface area contributed by atoms with E-state index < -0.39 is 0 Å². The summed E-state index contributed by atoms with van der Waals surface area (Å²) in [4.78, 5) is 23.4. The molecule has 0 saturated heterocycles. The lowest BCUT2D eigenvalue weighted by molar-refractivity contribution is -0.116. The van der Waals surface area contributed by atoms with Gasteiger partial charge in [-0.1, -0.05) is 20.8 Å². The second kappa shape index (κ2) is 4.01. The maximum Gasteiger partial charge on any atom is 0.202 e. The third-order valence-corrected chi connectivity index (χ3v) is 2.26. The average Bonchev–Trinajstić information content (AvgIpc) is 2.09. The summed E-state index contributed by atoms with van der Waals surface area (Å²) in [7, 11) is 0. The number of carbonyl (C=O) groups excluding carboxylic acids is 2. The lowest BCUT2D eigenvalue weighted by Gasteiger charge is -2.23. The normalized spacial score (nSPS) is 17.3. The van der Waals surface area contributed by atoms with Crippen molar-refractivity contribution in [2.75, 3.05) is 6.54 Å². The molecule has 0 atom stereocenters. The summed E-state index contributed by atoms with van der Waals surface area (Å²) >= 11 is 0. The highest BCUT2D eigenvalue weighted by Crippen LogP contribution is 2.28. The van der Waals surface area contributed by atoms with E-state index in [1.54, 1.807) is 0 Å². The number of ketones is 2. The predicted molar refractivity (Wildman–Crippen MR) is 59.3 cm³/mol. The van der Waals surface area contributed by atoms with Crippen LogP contribution < -0.4 is 5.32 Å². The Kier molecular flexibility index (Phi) is 3.12. The molecule has 0 amide bonds. The summed E-state index contributed by atoms with van der Waals surface area (Å²) in [6.07, 6.45) is 2.84. The molecule has 3 nitrogen and oxygen atoms in total. The highest BCUT2D eigenvalue weighted by atomic mass is 16.1. The van der Waals surface area contributed by atoms with E-state index in [1.165, 1.54) is 12.2 Å². The Balaban J connectivity index is 2.99. The predicted octanol–water partition coefficient (Wildman–Crippen LogP) is 1.60. The molecule has 1 aliphatic carbocycles. The van der Waals surface area contributed by atoms with Gasteiger partial charge in [0.15, 0.2) is 5.78 Å². The molecule has 0 aromatic heterocycles. The van der Waals surface area contributed by atoms with E-state index in [0.717, 1.165) is 0 Å². The zero-order valence-corrected chi connectivity index (χ0v) is 9.68. The molecule has 0 aliphatic heterocycles. The van der Waals surface area contributed by atoms with Crippen molar-refractivity contribution in [2.24, 2.45) is 5.41 Å². The molecule has 1 N–H and O–H groups in total. The van der Waals surface area contributed by atoms with Crippen molar-refractivity contribution in [1.29, 1.82) is 0 Å². The van der Waals surface area contributed by atoms with Gasteiger partial charge in [0.05, 0.1) is 5.70 Å². The van der Waals surface area contributed by atoms with Crippen LogP contribution in [-0.2, 0) is 9.59 Å². The highest BCUT2D eigenvalue weighted by molar-refractivity contribution is 6.20. The van der Waals surface area contributed by atoms with E-state index in [0.29, 0.717) is 17.8 Å². The van der Waals surface area contributed by atoms with E-state index in [1.807, 2.05) is 27.7 Å². The average molecular weight is 207 g/mol. The summed E-state index contributed by atoms with van der Waals surface area (Å²) in [5.41, 5.74) is 0.700. The van der Waals surface area contributed by atoms with E-state index in [4.69, 9.17) is 0 Å². The van der Waals surface area contributed by atoms with Crippen molar-refractivity contribution in [3.63, 3.8) is 0 Å². The van der Waals surface area contributed by atoms with E-state index in [9.17, 15) is 9.59 Å². The quantitative estimate of drug-likeness (QED) is 0.700. The first-order valence-electron chi connectivity index (χ1n) is 5.12. The van der Waals surface area contributed by atoms with Crippen LogP contribution in [0.5, 0.6) is 0 Å². The van der Waals surface area contributed by atoms with Gasteiger partial charge in [-0.25, -0.2) is 0 Å². The molecule has 0 spiro atoms. The topological polar surface area (TPSA) is 46.2 Å². The Morgan fingerprint density at radius 2 is 1.73 bits per heavy atom. The number of hydrogen-bond donors (Lipinski definition) is 1. The Morgan fingerprint density at radius 1 is 1.13 bits per heavy atom. The molecule has 0 aromatic rings. The number of hydrogen-bond acceptors (Lipinski definition) is 3. The van der Waals surface area contributed by atoms with Gasteiger partial charge >= 0.3 is 0 Å². The fourth-order valence-electron chi connectivity index (χ4n) is 1.47. The van der Waals surface area contributed by atoms with Crippen molar-refractivity contribution in [3.05, 3.63) is 23.4 Å². The second-order valence-corrected chi connectivity index (χ2v) is 4.62. The maximum absolute atomic E-state index is 11.7. The van der Waals surface area contributed by atoms with Crippen molar-refractivity contribution in [2.45, 2.75) is 27.7 Å². The lowest BCUT2D eigenvalue weighted by atomic mass is 9.81. The molecule has 82 valence electrons. The zero-order valence-electron chi connectivity index (χ0n) is 9.68. The molecule has 0 saturated carbocycles. The molecule has 3 heteroatoms.